The molecule has 8 heteroatoms. The van der Waals surface area contributed by atoms with Crippen molar-refractivity contribution in [1.29, 1.82) is 0 Å². The highest BCUT2D eigenvalue weighted by Crippen LogP contribution is 2.19. The molecule has 2 rings (SSSR count). The van der Waals surface area contributed by atoms with Gasteiger partial charge in [-0.2, -0.15) is 0 Å². The molecule has 0 radical (unpaired) electrons. The van der Waals surface area contributed by atoms with Gasteiger partial charge in [0.15, 0.2) is 5.96 Å². The van der Waals surface area contributed by atoms with Crippen molar-refractivity contribution in [3.63, 3.8) is 0 Å². The maximum atomic E-state index is 12.0. The molecule has 0 bridgehead atoms. The number of rotatable bonds is 9. The first-order valence-corrected chi connectivity index (χ1v) is 9.64. The third-order valence-electron chi connectivity index (χ3n) is 3.75. The molecule has 29 heavy (non-hydrogen) atoms. The van der Waals surface area contributed by atoms with Crippen LogP contribution in [0.15, 0.2) is 53.8 Å². The number of hydrogen-bond acceptors (Lipinski definition) is 5. The molecule has 1 aromatic heterocycles. The minimum atomic E-state index is -0.751. The molecule has 1 heterocycles. The molecule has 1 atom stereocenters. The van der Waals surface area contributed by atoms with Crippen molar-refractivity contribution in [2.45, 2.75) is 33.0 Å². The van der Waals surface area contributed by atoms with Gasteiger partial charge in [0.25, 0.3) is 0 Å². The van der Waals surface area contributed by atoms with Crippen molar-refractivity contribution in [1.82, 2.24) is 15.6 Å². The lowest BCUT2D eigenvalue weighted by molar-refractivity contribution is -0.114. The fourth-order valence-electron chi connectivity index (χ4n) is 2.51. The van der Waals surface area contributed by atoms with E-state index in [-0.39, 0.29) is 25.1 Å². The van der Waals surface area contributed by atoms with E-state index in [1.807, 2.05) is 45.0 Å². The standard InChI is InChI=1S/C21H29N5O3/c1-4-23-21(25-14-20(28)26-17-8-6-10-22-12-17)24-13-19(27)16-7-5-9-18(11-16)29-15(2)3/h5-12,15,19,27H,4,13-14H2,1-3H3,(H,26,28)(H2,23,24,25). The number of carbonyl (C=O) groups excluding carboxylic acids is 1. The van der Waals surface area contributed by atoms with Crippen molar-refractivity contribution in [2.75, 3.05) is 25.0 Å². The second-order valence-electron chi connectivity index (χ2n) is 6.62. The Kier molecular flexibility index (Phi) is 8.91. The number of nitrogens with zero attached hydrogens (tertiary/aromatic N) is 2. The van der Waals surface area contributed by atoms with E-state index in [1.165, 1.54) is 0 Å². The Bertz CT molecular complexity index is 796. The number of nitrogens with one attached hydrogen (secondary N) is 3. The summed E-state index contributed by atoms with van der Waals surface area (Å²) in [5, 5.41) is 19.3. The molecule has 0 saturated carbocycles. The molecule has 0 aliphatic carbocycles. The summed E-state index contributed by atoms with van der Waals surface area (Å²) in [5.41, 5.74) is 1.35. The summed E-state index contributed by atoms with van der Waals surface area (Å²) in [6, 6.07) is 10.9. The predicted molar refractivity (Wildman–Crippen MR) is 114 cm³/mol. The van der Waals surface area contributed by atoms with E-state index < -0.39 is 6.10 Å². The Morgan fingerprint density at radius 3 is 2.76 bits per heavy atom. The number of benzene rings is 1. The van der Waals surface area contributed by atoms with E-state index in [1.54, 1.807) is 24.5 Å². The molecule has 0 aliphatic heterocycles. The average molecular weight is 399 g/mol. The summed E-state index contributed by atoms with van der Waals surface area (Å²) in [7, 11) is 0. The number of anilines is 1. The van der Waals surface area contributed by atoms with E-state index >= 15 is 0 Å². The van der Waals surface area contributed by atoms with Gasteiger partial charge >= 0.3 is 0 Å². The molecular weight excluding hydrogens is 370 g/mol. The number of aliphatic hydroxyl groups excluding tert-OH is 1. The number of hydrogen-bond donors (Lipinski definition) is 4. The normalized spacial score (nSPS) is 12.4. The van der Waals surface area contributed by atoms with Gasteiger partial charge in [-0.1, -0.05) is 12.1 Å². The number of guanidine groups is 1. The van der Waals surface area contributed by atoms with Crippen LogP contribution in [-0.4, -0.2) is 47.7 Å². The van der Waals surface area contributed by atoms with Crippen molar-refractivity contribution >= 4 is 17.6 Å². The van der Waals surface area contributed by atoms with Crippen molar-refractivity contribution in [3.8, 4) is 5.75 Å². The predicted octanol–water partition coefficient (Wildman–Crippen LogP) is 2.10. The quantitative estimate of drug-likeness (QED) is 0.380. The summed E-state index contributed by atoms with van der Waals surface area (Å²) in [4.78, 5) is 20.2. The van der Waals surface area contributed by atoms with E-state index in [2.05, 4.69) is 25.9 Å². The first-order chi connectivity index (χ1) is 14.0. The lowest BCUT2D eigenvalue weighted by Crippen LogP contribution is -2.40. The number of pyridine rings is 1. The Morgan fingerprint density at radius 2 is 2.07 bits per heavy atom. The first kappa shape index (κ1) is 22.2. The fraction of sp³-hybridized carbons (Fsp3) is 0.381. The second-order valence-corrected chi connectivity index (χ2v) is 6.62. The van der Waals surface area contributed by atoms with Gasteiger partial charge in [-0.15, -0.1) is 0 Å². The van der Waals surface area contributed by atoms with Crippen LogP contribution in [-0.2, 0) is 4.79 Å². The lowest BCUT2D eigenvalue weighted by Gasteiger charge is -2.17. The number of ether oxygens (including phenoxy) is 1. The molecule has 1 amide bonds. The lowest BCUT2D eigenvalue weighted by atomic mass is 10.1. The molecular formula is C21H29N5O3. The summed E-state index contributed by atoms with van der Waals surface area (Å²) < 4.78 is 5.67. The minimum absolute atomic E-state index is 0.0575. The maximum absolute atomic E-state index is 12.0. The van der Waals surface area contributed by atoms with Crippen LogP contribution in [0.25, 0.3) is 0 Å². The van der Waals surface area contributed by atoms with Crippen molar-refractivity contribution in [2.24, 2.45) is 4.99 Å². The number of carbonyl (C=O) groups is 1. The monoisotopic (exact) mass is 399 g/mol. The van der Waals surface area contributed by atoms with Crippen LogP contribution < -0.4 is 20.7 Å². The van der Waals surface area contributed by atoms with Crippen LogP contribution in [0.4, 0.5) is 5.69 Å². The zero-order valence-corrected chi connectivity index (χ0v) is 17.1. The molecule has 8 nitrogen and oxygen atoms in total. The largest absolute Gasteiger partial charge is 0.491 e. The van der Waals surface area contributed by atoms with Crippen LogP contribution in [0.3, 0.4) is 0 Å². The topological polar surface area (TPSA) is 108 Å². The molecule has 1 unspecified atom stereocenters. The molecule has 0 aliphatic rings. The Hall–Kier alpha value is -3.13. The van der Waals surface area contributed by atoms with E-state index in [9.17, 15) is 9.90 Å². The SMILES string of the molecule is CCNC(=NCC(=O)Nc1cccnc1)NCC(O)c1cccc(OC(C)C)c1. The van der Waals surface area contributed by atoms with Crippen LogP contribution in [0.1, 0.15) is 32.4 Å². The Morgan fingerprint density at radius 1 is 1.24 bits per heavy atom. The van der Waals surface area contributed by atoms with Gasteiger partial charge in [0.1, 0.15) is 12.3 Å². The van der Waals surface area contributed by atoms with Gasteiger partial charge in [-0.05, 0) is 50.6 Å². The number of aromatic nitrogens is 1. The zero-order chi connectivity index (χ0) is 21.1. The van der Waals surface area contributed by atoms with Gasteiger partial charge in [0, 0.05) is 19.3 Å². The third kappa shape index (κ3) is 8.18. The van der Waals surface area contributed by atoms with E-state index in [0.29, 0.717) is 23.9 Å². The summed E-state index contributed by atoms with van der Waals surface area (Å²) >= 11 is 0. The number of aliphatic imine (C=N–C) groups is 1. The Labute approximate surface area is 171 Å². The van der Waals surface area contributed by atoms with Crippen molar-refractivity contribution < 1.29 is 14.6 Å². The third-order valence-corrected chi connectivity index (χ3v) is 3.75. The summed E-state index contributed by atoms with van der Waals surface area (Å²) in [6.07, 6.45) is 2.51. The minimum Gasteiger partial charge on any atom is -0.491 e. The highest BCUT2D eigenvalue weighted by atomic mass is 16.5. The molecule has 2 aromatic rings. The van der Waals surface area contributed by atoms with Crippen LogP contribution >= 0.6 is 0 Å². The second kappa shape index (κ2) is 11.7. The molecule has 0 spiro atoms. The van der Waals surface area contributed by atoms with Gasteiger partial charge in [-0.3, -0.25) is 9.78 Å². The number of aliphatic hydroxyl groups is 1. The van der Waals surface area contributed by atoms with Crippen LogP contribution in [0, 0.1) is 0 Å². The van der Waals surface area contributed by atoms with E-state index in [4.69, 9.17) is 4.74 Å². The summed E-state index contributed by atoms with van der Waals surface area (Å²) in [5.74, 6) is 0.904. The molecule has 1 aromatic carbocycles. The smallest absolute Gasteiger partial charge is 0.246 e. The molecule has 4 N–H and O–H groups in total. The van der Waals surface area contributed by atoms with Gasteiger partial charge in [0.2, 0.25) is 5.91 Å². The van der Waals surface area contributed by atoms with E-state index in [0.717, 1.165) is 5.56 Å². The molecule has 0 saturated heterocycles. The highest BCUT2D eigenvalue weighted by molar-refractivity contribution is 5.93. The zero-order valence-electron chi connectivity index (χ0n) is 17.1. The van der Waals surface area contributed by atoms with Gasteiger partial charge in [0.05, 0.1) is 24.1 Å². The molecule has 156 valence electrons. The maximum Gasteiger partial charge on any atom is 0.246 e. The van der Waals surface area contributed by atoms with Gasteiger partial charge < -0.3 is 25.8 Å². The van der Waals surface area contributed by atoms with Crippen molar-refractivity contribution in [3.05, 3.63) is 54.4 Å². The number of amides is 1. The fourth-order valence-corrected chi connectivity index (χ4v) is 2.51. The average Bonchev–Trinajstić information content (AvgIpc) is 2.70. The van der Waals surface area contributed by atoms with Crippen LogP contribution in [0.2, 0.25) is 0 Å². The Balaban J connectivity index is 1.90. The first-order valence-electron chi connectivity index (χ1n) is 9.64. The van der Waals surface area contributed by atoms with Gasteiger partial charge in [-0.25, -0.2) is 4.99 Å². The summed E-state index contributed by atoms with van der Waals surface area (Å²) in [6.45, 7) is 6.64. The highest BCUT2D eigenvalue weighted by Gasteiger charge is 2.11. The van der Waals surface area contributed by atoms with Crippen LogP contribution in [0.5, 0.6) is 5.75 Å². The molecule has 0 fully saturated rings.